The van der Waals surface area contributed by atoms with Crippen molar-refractivity contribution in [2.75, 3.05) is 23.8 Å². The summed E-state index contributed by atoms with van der Waals surface area (Å²) in [6, 6.07) is 22.1. The monoisotopic (exact) mass is 595 g/mol. The summed E-state index contributed by atoms with van der Waals surface area (Å²) < 4.78 is 11.4. The first-order valence-corrected chi connectivity index (χ1v) is 11.9. The molecule has 3 rings (SSSR count). The van der Waals surface area contributed by atoms with E-state index < -0.39 is 11.9 Å². The number of benzene rings is 3. The van der Waals surface area contributed by atoms with E-state index in [2.05, 4.69) is 33.2 Å². The smallest absolute Gasteiger partial charge is 0.338 e. The van der Waals surface area contributed by atoms with Crippen LogP contribution in [0.2, 0.25) is 0 Å². The molecule has 9 heteroatoms. The number of halogens is 1. The highest BCUT2D eigenvalue weighted by Gasteiger charge is 2.12. The van der Waals surface area contributed by atoms with Crippen molar-refractivity contribution in [1.82, 2.24) is 0 Å². The molecule has 3 aromatic rings. The molecule has 0 aliphatic carbocycles. The van der Waals surface area contributed by atoms with Crippen LogP contribution in [0.25, 0.3) is 6.08 Å². The Morgan fingerprint density at radius 1 is 0.972 bits per heavy atom. The number of hydrogen-bond acceptors (Lipinski definition) is 6. The minimum Gasteiger partial charge on any atom is -0.484 e. The van der Waals surface area contributed by atoms with E-state index in [1.54, 1.807) is 43.3 Å². The lowest BCUT2D eigenvalue weighted by atomic mass is 10.1. The lowest BCUT2D eigenvalue weighted by molar-refractivity contribution is -0.118. The maximum absolute atomic E-state index is 12.5. The molecule has 0 unspecified atom stereocenters. The fourth-order valence-electron chi connectivity index (χ4n) is 2.98. The Kier molecular flexibility index (Phi) is 9.59. The van der Waals surface area contributed by atoms with Crippen molar-refractivity contribution in [3.63, 3.8) is 0 Å². The molecule has 0 saturated carbocycles. The molecule has 0 aliphatic heterocycles. The Bertz CT molecular complexity index is 1310. The van der Waals surface area contributed by atoms with Crippen LogP contribution in [-0.4, -0.2) is 31.0 Å². The highest BCUT2D eigenvalue weighted by atomic mass is 127. The molecule has 8 nitrogen and oxygen atoms in total. The van der Waals surface area contributed by atoms with E-state index >= 15 is 0 Å². The first-order chi connectivity index (χ1) is 17.4. The van der Waals surface area contributed by atoms with E-state index in [0.29, 0.717) is 28.3 Å². The lowest BCUT2D eigenvalue weighted by Crippen LogP contribution is -2.20. The standard InChI is InChI=1S/C27H22IN3O5/c1-2-35-27(34)19-9-11-21(12-10-19)30-26(33)20(16-29)15-18-7-13-22(14-8-18)36-17-25(32)31-24-6-4-3-5-23(24)28/h3-15H,2,17H2,1H3,(H,30,33)(H,31,32)/b20-15+. The number of amides is 2. The second kappa shape index (κ2) is 13.1. The Balaban J connectivity index is 1.56. The minimum atomic E-state index is -0.589. The van der Waals surface area contributed by atoms with E-state index in [1.165, 1.54) is 18.2 Å². The van der Waals surface area contributed by atoms with Crippen LogP contribution >= 0.6 is 22.6 Å². The van der Waals surface area contributed by atoms with Crippen LogP contribution in [0.5, 0.6) is 5.75 Å². The molecule has 0 aliphatic rings. The summed E-state index contributed by atoms with van der Waals surface area (Å²) in [6.45, 7) is 1.82. The molecule has 0 saturated heterocycles. The summed E-state index contributed by atoms with van der Waals surface area (Å²) >= 11 is 2.14. The predicted molar refractivity (Wildman–Crippen MR) is 144 cm³/mol. The molecule has 36 heavy (non-hydrogen) atoms. The molecule has 0 bridgehead atoms. The number of carbonyl (C=O) groups excluding carboxylic acids is 3. The molecule has 3 aromatic carbocycles. The number of carbonyl (C=O) groups is 3. The van der Waals surface area contributed by atoms with Gasteiger partial charge < -0.3 is 20.1 Å². The molecule has 0 atom stereocenters. The van der Waals surface area contributed by atoms with Gasteiger partial charge in [0.1, 0.15) is 17.4 Å². The first-order valence-electron chi connectivity index (χ1n) is 10.9. The normalized spacial score (nSPS) is 10.6. The second-order valence-corrected chi connectivity index (χ2v) is 8.47. The van der Waals surface area contributed by atoms with Crippen molar-refractivity contribution >= 4 is 57.8 Å². The average Bonchev–Trinajstić information content (AvgIpc) is 2.88. The van der Waals surface area contributed by atoms with Crippen LogP contribution in [0.15, 0.2) is 78.4 Å². The van der Waals surface area contributed by atoms with Gasteiger partial charge in [-0.15, -0.1) is 0 Å². The van der Waals surface area contributed by atoms with Gasteiger partial charge in [-0.25, -0.2) is 4.79 Å². The van der Waals surface area contributed by atoms with Crippen LogP contribution in [-0.2, 0) is 14.3 Å². The van der Waals surface area contributed by atoms with Crippen molar-refractivity contribution in [3.05, 3.63) is 93.1 Å². The van der Waals surface area contributed by atoms with Crippen LogP contribution in [0, 0.1) is 14.9 Å². The minimum absolute atomic E-state index is 0.102. The average molecular weight is 595 g/mol. The maximum atomic E-state index is 12.5. The van der Waals surface area contributed by atoms with Gasteiger partial charge >= 0.3 is 5.97 Å². The van der Waals surface area contributed by atoms with Crippen molar-refractivity contribution in [2.45, 2.75) is 6.92 Å². The predicted octanol–water partition coefficient (Wildman–Crippen LogP) is 5.03. The number of esters is 1. The zero-order chi connectivity index (χ0) is 25.9. The van der Waals surface area contributed by atoms with E-state index in [9.17, 15) is 19.6 Å². The number of rotatable bonds is 9. The summed E-state index contributed by atoms with van der Waals surface area (Å²) in [6.07, 6.45) is 1.44. The molecule has 0 fully saturated rings. The highest BCUT2D eigenvalue weighted by molar-refractivity contribution is 14.1. The van der Waals surface area contributed by atoms with Gasteiger partial charge in [-0.05, 0) is 89.7 Å². The number of para-hydroxylation sites is 1. The van der Waals surface area contributed by atoms with Gasteiger partial charge in [0, 0.05) is 9.26 Å². The fraction of sp³-hybridized carbons (Fsp3) is 0.111. The summed E-state index contributed by atoms with van der Waals surface area (Å²) in [5, 5.41) is 14.9. The SMILES string of the molecule is CCOC(=O)c1ccc(NC(=O)/C(C#N)=C/c2ccc(OCC(=O)Nc3ccccc3I)cc2)cc1. The number of ether oxygens (including phenoxy) is 2. The van der Waals surface area contributed by atoms with Crippen molar-refractivity contribution in [3.8, 4) is 11.8 Å². The Labute approximate surface area is 222 Å². The first kappa shape index (κ1) is 26.4. The van der Waals surface area contributed by atoms with Crippen molar-refractivity contribution < 1.29 is 23.9 Å². The molecular formula is C27H22IN3O5. The zero-order valence-corrected chi connectivity index (χ0v) is 21.4. The van der Waals surface area contributed by atoms with E-state index in [0.717, 1.165) is 3.57 Å². The van der Waals surface area contributed by atoms with Crippen molar-refractivity contribution in [1.29, 1.82) is 5.26 Å². The topological polar surface area (TPSA) is 118 Å². The quantitative estimate of drug-likeness (QED) is 0.155. The van der Waals surface area contributed by atoms with Crippen LogP contribution in [0.1, 0.15) is 22.8 Å². The van der Waals surface area contributed by atoms with Crippen LogP contribution in [0.3, 0.4) is 0 Å². The van der Waals surface area contributed by atoms with Gasteiger partial charge in [-0.3, -0.25) is 9.59 Å². The fourth-order valence-corrected chi connectivity index (χ4v) is 3.50. The highest BCUT2D eigenvalue weighted by Crippen LogP contribution is 2.18. The number of anilines is 2. The Morgan fingerprint density at radius 3 is 2.31 bits per heavy atom. The second-order valence-electron chi connectivity index (χ2n) is 7.31. The Morgan fingerprint density at radius 2 is 1.67 bits per heavy atom. The number of nitrogens with one attached hydrogen (secondary N) is 2. The molecule has 0 spiro atoms. The van der Waals surface area contributed by atoms with Crippen LogP contribution < -0.4 is 15.4 Å². The van der Waals surface area contributed by atoms with Gasteiger partial charge in [0.25, 0.3) is 11.8 Å². The van der Waals surface area contributed by atoms with Crippen molar-refractivity contribution in [2.24, 2.45) is 0 Å². The molecule has 182 valence electrons. The molecular weight excluding hydrogens is 573 g/mol. The molecule has 0 radical (unpaired) electrons. The summed E-state index contributed by atoms with van der Waals surface area (Å²) in [7, 11) is 0. The van der Waals surface area contributed by atoms with Gasteiger partial charge in [0.05, 0.1) is 17.9 Å². The number of nitrogens with zero attached hydrogens (tertiary/aromatic N) is 1. The summed E-state index contributed by atoms with van der Waals surface area (Å²) in [4.78, 5) is 36.4. The summed E-state index contributed by atoms with van der Waals surface area (Å²) in [5.41, 5.74) is 2.01. The van der Waals surface area contributed by atoms with Crippen LogP contribution in [0.4, 0.5) is 11.4 Å². The third kappa shape index (κ3) is 7.68. The molecule has 0 heterocycles. The van der Waals surface area contributed by atoms with E-state index in [-0.39, 0.29) is 24.7 Å². The van der Waals surface area contributed by atoms with Gasteiger partial charge in [-0.1, -0.05) is 24.3 Å². The Hall–Kier alpha value is -4.17. The van der Waals surface area contributed by atoms with Gasteiger partial charge in [-0.2, -0.15) is 5.26 Å². The number of nitriles is 1. The van der Waals surface area contributed by atoms with E-state index in [4.69, 9.17) is 9.47 Å². The summed E-state index contributed by atoms with van der Waals surface area (Å²) in [5.74, 6) is -0.863. The third-order valence-corrected chi connectivity index (χ3v) is 5.67. The largest absolute Gasteiger partial charge is 0.484 e. The molecule has 2 N–H and O–H groups in total. The van der Waals surface area contributed by atoms with Gasteiger partial charge in [0.15, 0.2) is 6.61 Å². The number of hydrogen-bond donors (Lipinski definition) is 2. The lowest BCUT2D eigenvalue weighted by Gasteiger charge is -2.09. The van der Waals surface area contributed by atoms with E-state index in [1.807, 2.05) is 30.3 Å². The molecule has 2 amide bonds. The van der Waals surface area contributed by atoms with Gasteiger partial charge in [0.2, 0.25) is 0 Å². The maximum Gasteiger partial charge on any atom is 0.338 e. The third-order valence-electron chi connectivity index (χ3n) is 4.73. The molecule has 0 aromatic heterocycles. The zero-order valence-electron chi connectivity index (χ0n) is 19.3.